The van der Waals surface area contributed by atoms with Gasteiger partial charge >= 0.3 is 0 Å². The minimum Gasteiger partial charge on any atom is -0.469 e. The molecule has 0 saturated heterocycles. The molecular weight excluding hydrogens is 326 g/mol. The Kier molecular flexibility index (Phi) is 9.36. The number of nitrogens with one attached hydrogen (secondary N) is 2. The lowest BCUT2D eigenvalue weighted by atomic mass is 10.2. The molecule has 1 aromatic heterocycles. The van der Waals surface area contributed by atoms with Crippen LogP contribution in [0.3, 0.4) is 0 Å². The summed E-state index contributed by atoms with van der Waals surface area (Å²) in [7, 11) is 0. The third kappa shape index (κ3) is 8.72. The predicted octanol–water partition coefficient (Wildman–Crippen LogP) is 3.62. The van der Waals surface area contributed by atoms with Gasteiger partial charge in [0.1, 0.15) is 5.76 Å². The van der Waals surface area contributed by atoms with Gasteiger partial charge in [-0.2, -0.15) is 0 Å². The van der Waals surface area contributed by atoms with Gasteiger partial charge < -0.3 is 19.8 Å². The maximum absolute atomic E-state index is 5.62. The van der Waals surface area contributed by atoms with Crippen molar-refractivity contribution in [3.8, 4) is 0 Å². The molecule has 142 valence electrons. The van der Waals surface area contributed by atoms with E-state index >= 15 is 0 Å². The zero-order valence-electron chi connectivity index (χ0n) is 15.9. The second-order valence-electron chi connectivity index (χ2n) is 6.66. The molecule has 0 amide bonds. The Morgan fingerprint density at radius 2 is 1.88 bits per heavy atom. The van der Waals surface area contributed by atoms with Gasteiger partial charge in [0.2, 0.25) is 0 Å². The van der Waals surface area contributed by atoms with Gasteiger partial charge in [0.15, 0.2) is 5.96 Å². The van der Waals surface area contributed by atoms with Crippen LogP contribution in [0.1, 0.15) is 31.6 Å². The number of nitrogens with zero attached hydrogens (tertiary/aromatic N) is 1. The van der Waals surface area contributed by atoms with Gasteiger partial charge in [-0.25, -0.2) is 4.99 Å². The highest BCUT2D eigenvalue weighted by Gasteiger charge is 2.01. The normalized spacial score (nSPS) is 11.7. The quantitative estimate of drug-likeness (QED) is 0.366. The van der Waals surface area contributed by atoms with Crippen LogP contribution in [0.5, 0.6) is 0 Å². The summed E-state index contributed by atoms with van der Waals surface area (Å²) in [6, 6.07) is 14.2. The first-order chi connectivity index (χ1) is 12.7. The van der Waals surface area contributed by atoms with E-state index in [9.17, 15) is 0 Å². The molecule has 0 unspecified atom stereocenters. The number of hydrogen-bond acceptors (Lipinski definition) is 3. The molecule has 0 aliphatic rings. The Morgan fingerprint density at radius 1 is 1.08 bits per heavy atom. The first kappa shape index (κ1) is 20.0. The molecule has 0 bridgehead atoms. The van der Waals surface area contributed by atoms with E-state index in [1.807, 2.05) is 30.3 Å². The topological polar surface area (TPSA) is 58.8 Å². The lowest BCUT2D eigenvalue weighted by Gasteiger charge is -2.13. The molecule has 0 aliphatic carbocycles. The third-order valence-electron chi connectivity index (χ3n) is 3.72. The highest BCUT2D eigenvalue weighted by molar-refractivity contribution is 5.79. The summed E-state index contributed by atoms with van der Waals surface area (Å²) >= 11 is 0. The summed E-state index contributed by atoms with van der Waals surface area (Å²) in [5.74, 6) is 2.38. The third-order valence-corrected chi connectivity index (χ3v) is 3.72. The van der Waals surface area contributed by atoms with Gasteiger partial charge in [0, 0.05) is 32.7 Å². The Bertz CT molecular complexity index is 609. The molecule has 5 heteroatoms. The standard InChI is InChI=1S/C21H31N3O2/c1-18(2)17-25-14-7-12-22-21(23-13-11-20-10-6-15-26-20)24-16-19-8-4-3-5-9-19/h3-6,8-10,15,18H,7,11-14,16-17H2,1-2H3,(H2,22,23,24). The van der Waals surface area contributed by atoms with Crippen molar-refractivity contribution in [2.75, 3.05) is 26.3 Å². The van der Waals surface area contributed by atoms with E-state index in [0.29, 0.717) is 12.5 Å². The van der Waals surface area contributed by atoms with Crippen molar-refractivity contribution < 1.29 is 9.15 Å². The number of benzene rings is 1. The van der Waals surface area contributed by atoms with Crippen LogP contribution in [0.4, 0.5) is 0 Å². The Morgan fingerprint density at radius 3 is 2.62 bits per heavy atom. The van der Waals surface area contributed by atoms with Crippen LogP contribution < -0.4 is 10.6 Å². The molecule has 0 atom stereocenters. The Hall–Kier alpha value is -2.27. The largest absolute Gasteiger partial charge is 0.469 e. The summed E-state index contributed by atoms with van der Waals surface area (Å²) in [5, 5.41) is 6.76. The van der Waals surface area contributed by atoms with Crippen molar-refractivity contribution >= 4 is 5.96 Å². The highest BCUT2D eigenvalue weighted by Crippen LogP contribution is 2.01. The average molecular weight is 357 g/mol. The zero-order valence-corrected chi connectivity index (χ0v) is 15.9. The molecule has 2 N–H and O–H groups in total. The van der Waals surface area contributed by atoms with E-state index in [2.05, 4.69) is 41.6 Å². The van der Waals surface area contributed by atoms with Crippen molar-refractivity contribution in [2.45, 2.75) is 33.2 Å². The fraction of sp³-hybridized carbons (Fsp3) is 0.476. The van der Waals surface area contributed by atoms with Crippen molar-refractivity contribution in [1.29, 1.82) is 0 Å². The van der Waals surface area contributed by atoms with Crippen LogP contribution >= 0.6 is 0 Å². The Labute approximate surface area is 156 Å². The summed E-state index contributed by atoms with van der Waals surface area (Å²) in [4.78, 5) is 4.68. The average Bonchev–Trinajstić information content (AvgIpc) is 3.16. The first-order valence-electron chi connectivity index (χ1n) is 9.40. The second kappa shape index (κ2) is 12.1. The lowest BCUT2D eigenvalue weighted by molar-refractivity contribution is 0.108. The lowest BCUT2D eigenvalue weighted by Crippen LogP contribution is -2.39. The fourth-order valence-electron chi connectivity index (χ4n) is 2.39. The SMILES string of the molecule is CC(C)COCCCNC(=NCc1ccccc1)NCCc1ccco1. The van der Waals surface area contributed by atoms with Crippen molar-refractivity contribution in [3.05, 3.63) is 60.1 Å². The van der Waals surface area contributed by atoms with E-state index < -0.39 is 0 Å². The zero-order chi connectivity index (χ0) is 18.5. The molecule has 0 radical (unpaired) electrons. The van der Waals surface area contributed by atoms with Crippen LogP contribution in [0.25, 0.3) is 0 Å². The molecule has 2 aromatic rings. The van der Waals surface area contributed by atoms with E-state index in [4.69, 9.17) is 9.15 Å². The van der Waals surface area contributed by atoms with Gasteiger partial charge in [-0.3, -0.25) is 0 Å². The first-order valence-corrected chi connectivity index (χ1v) is 9.40. The maximum Gasteiger partial charge on any atom is 0.191 e. The van der Waals surface area contributed by atoms with E-state index in [0.717, 1.165) is 50.9 Å². The van der Waals surface area contributed by atoms with Crippen LogP contribution in [0.2, 0.25) is 0 Å². The minimum atomic E-state index is 0.578. The second-order valence-corrected chi connectivity index (χ2v) is 6.66. The number of hydrogen-bond donors (Lipinski definition) is 2. The van der Waals surface area contributed by atoms with Gasteiger partial charge in [-0.1, -0.05) is 44.2 Å². The molecular formula is C21H31N3O2. The van der Waals surface area contributed by atoms with Gasteiger partial charge in [0.25, 0.3) is 0 Å². The summed E-state index contributed by atoms with van der Waals surface area (Å²) in [5.41, 5.74) is 1.19. The Balaban J connectivity index is 1.75. The molecule has 0 aliphatic heterocycles. The minimum absolute atomic E-state index is 0.578. The monoisotopic (exact) mass is 357 g/mol. The molecule has 5 nitrogen and oxygen atoms in total. The smallest absolute Gasteiger partial charge is 0.191 e. The molecule has 1 heterocycles. The van der Waals surface area contributed by atoms with Crippen LogP contribution in [0, 0.1) is 5.92 Å². The number of rotatable bonds is 11. The van der Waals surface area contributed by atoms with E-state index in [1.54, 1.807) is 6.26 Å². The summed E-state index contributed by atoms with van der Waals surface area (Å²) in [6.45, 7) is 8.17. The molecule has 0 spiro atoms. The molecule has 1 aromatic carbocycles. The van der Waals surface area contributed by atoms with E-state index in [-0.39, 0.29) is 0 Å². The molecule has 0 saturated carbocycles. The van der Waals surface area contributed by atoms with Crippen LogP contribution in [-0.2, 0) is 17.7 Å². The van der Waals surface area contributed by atoms with Crippen molar-refractivity contribution in [2.24, 2.45) is 10.9 Å². The maximum atomic E-state index is 5.62. The number of aliphatic imine (C=N–C) groups is 1. The predicted molar refractivity (Wildman–Crippen MR) is 106 cm³/mol. The molecule has 2 rings (SSSR count). The van der Waals surface area contributed by atoms with Gasteiger partial charge in [-0.05, 0) is 30.0 Å². The summed E-state index contributed by atoms with van der Waals surface area (Å²) < 4.78 is 11.0. The van der Waals surface area contributed by atoms with Crippen LogP contribution in [-0.4, -0.2) is 32.3 Å². The van der Waals surface area contributed by atoms with Crippen LogP contribution in [0.15, 0.2) is 58.1 Å². The van der Waals surface area contributed by atoms with Gasteiger partial charge in [0.05, 0.1) is 12.8 Å². The number of furan rings is 1. The molecule has 26 heavy (non-hydrogen) atoms. The van der Waals surface area contributed by atoms with Gasteiger partial charge in [-0.15, -0.1) is 0 Å². The highest BCUT2D eigenvalue weighted by atomic mass is 16.5. The number of ether oxygens (including phenoxy) is 1. The summed E-state index contributed by atoms with van der Waals surface area (Å²) in [6.07, 6.45) is 3.49. The van der Waals surface area contributed by atoms with Crippen molar-refractivity contribution in [1.82, 2.24) is 10.6 Å². The fourth-order valence-corrected chi connectivity index (χ4v) is 2.39. The molecule has 0 fully saturated rings. The van der Waals surface area contributed by atoms with Crippen molar-refractivity contribution in [3.63, 3.8) is 0 Å². The van der Waals surface area contributed by atoms with E-state index in [1.165, 1.54) is 5.56 Å². The number of guanidine groups is 1.